The summed E-state index contributed by atoms with van der Waals surface area (Å²) in [6.45, 7) is 6.73. The molecule has 31 heavy (non-hydrogen) atoms. The molecule has 0 atom stereocenters. The average molecular weight is 429 g/mol. The Bertz CT molecular complexity index is 674. The Kier molecular flexibility index (Phi) is 13.6. The Morgan fingerprint density at radius 2 is 1.35 bits per heavy atom. The standard InChI is InChI=1S/C26H40N2O3/c1-3-5-6-7-8-12-20-30-31-25-21-27-26(28-22-25)24-16-14-23(15-17-24)13-10-9-11-19-29-18-4-2/h14-17,21-22H,3-13,18-20H2,1-2H3. The van der Waals surface area contributed by atoms with Crippen molar-refractivity contribution in [1.82, 2.24) is 9.97 Å². The minimum Gasteiger partial charge on any atom is -0.381 e. The van der Waals surface area contributed by atoms with Gasteiger partial charge in [-0.3, -0.25) is 0 Å². The Labute approximate surface area is 188 Å². The summed E-state index contributed by atoms with van der Waals surface area (Å²) in [6.07, 6.45) is 16.4. The van der Waals surface area contributed by atoms with Crippen LogP contribution in [0.3, 0.4) is 0 Å². The third-order valence-corrected chi connectivity index (χ3v) is 5.18. The number of rotatable bonds is 18. The molecular formula is C26H40N2O3. The molecule has 0 amide bonds. The van der Waals surface area contributed by atoms with Gasteiger partial charge in [-0.2, -0.15) is 4.89 Å². The molecule has 0 saturated carbocycles. The Morgan fingerprint density at radius 3 is 2.10 bits per heavy atom. The van der Waals surface area contributed by atoms with Gasteiger partial charge in [0, 0.05) is 18.8 Å². The molecule has 2 aromatic rings. The fourth-order valence-electron chi connectivity index (χ4n) is 3.34. The van der Waals surface area contributed by atoms with Crippen LogP contribution in [0, 0.1) is 0 Å². The molecule has 0 radical (unpaired) electrons. The molecule has 0 N–H and O–H groups in total. The first-order valence-corrected chi connectivity index (χ1v) is 12.1. The molecule has 0 aliphatic heterocycles. The predicted octanol–water partition coefficient (Wildman–Crippen LogP) is 6.95. The molecule has 0 saturated heterocycles. The number of aromatic nitrogens is 2. The van der Waals surface area contributed by atoms with Gasteiger partial charge in [0.2, 0.25) is 5.75 Å². The smallest absolute Gasteiger partial charge is 0.201 e. The fraction of sp³-hybridized carbons (Fsp3) is 0.615. The molecule has 1 heterocycles. The van der Waals surface area contributed by atoms with E-state index in [0.29, 0.717) is 18.2 Å². The van der Waals surface area contributed by atoms with E-state index in [1.54, 1.807) is 12.4 Å². The van der Waals surface area contributed by atoms with E-state index in [4.69, 9.17) is 14.5 Å². The first-order chi connectivity index (χ1) is 15.3. The highest BCUT2D eigenvalue weighted by Crippen LogP contribution is 2.18. The van der Waals surface area contributed by atoms with E-state index in [-0.39, 0.29) is 0 Å². The topological polar surface area (TPSA) is 53.5 Å². The fourth-order valence-corrected chi connectivity index (χ4v) is 3.34. The third-order valence-electron chi connectivity index (χ3n) is 5.18. The monoisotopic (exact) mass is 428 g/mol. The van der Waals surface area contributed by atoms with Crippen molar-refractivity contribution in [2.45, 2.75) is 84.5 Å². The highest BCUT2D eigenvalue weighted by molar-refractivity contribution is 5.55. The lowest BCUT2D eigenvalue weighted by atomic mass is 10.0. The van der Waals surface area contributed by atoms with Crippen molar-refractivity contribution < 1.29 is 14.5 Å². The minimum atomic E-state index is 0.536. The normalized spacial score (nSPS) is 11.0. The average Bonchev–Trinajstić information content (AvgIpc) is 2.81. The molecule has 0 unspecified atom stereocenters. The summed E-state index contributed by atoms with van der Waals surface area (Å²) in [5, 5.41) is 0. The largest absolute Gasteiger partial charge is 0.381 e. The predicted molar refractivity (Wildman–Crippen MR) is 126 cm³/mol. The van der Waals surface area contributed by atoms with Crippen LogP contribution in [0.25, 0.3) is 11.4 Å². The number of hydrogen-bond donors (Lipinski definition) is 0. The number of nitrogens with zero attached hydrogens (tertiary/aromatic N) is 2. The summed E-state index contributed by atoms with van der Waals surface area (Å²) < 4.78 is 5.53. The van der Waals surface area contributed by atoms with Crippen molar-refractivity contribution in [3.63, 3.8) is 0 Å². The van der Waals surface area contributed by atoms with E-state index in [1.807, 2.05) is 0 Å². The lowest BCUT2D eigenvalue weighted by Crippen LogP contribution is -2.01. The molecular weight excluding hydrogens is 388 g/mol. The Morgan fingerprint density at radius 1 is 0.677 bits per heavy atom. The molecule has 1 aromatic heterocycles. The first kappa shape index (κ1) is 25.3. The molecule has 172 valence electrons. The summed E-state index contributed by atoms with van der Waals surface area (Å²) in [5.74, 6) is 1.23. The van der Waals surface area contributed by atoms with Crippen LogP contribution in [0.5, 0.6) is 5.75 Å². The van der Waals surface area contributed by atoms with Crippen LogP contribution in [0.2, 0.25) is 0 Å². The zero-order chi connectivity index (χ0) is 22.0. The summed E-state index contributed by atoms with van der Waals surface area (Å²) in [7, 11) is 0. The lowest BCUT2D eigenvalue weighted by molar-refractivity contribution is -0.207. The van der Waals surface area contributed by atoms with E-state index in [0.717, 1.165) is 44.5 Å². The molecule has 0 spiro atoms. The van der Waals surface area contributed by atoms with Crippen LogP contribution in [-0.2, 0) is 16.0 Å². The quantitative estimate of drug-likeness (QED) is 0.146. The van der Waals surface area contributed by atoms with E-state index < -0.39 is 0 Å². The molecule has 5 nitrogen and oxygen atoms in total. The van der Waals surface area contributed by atoms with Crippen LogP contribution in [0.15, 0.2) is 36.7 Å². The minimum absolute atomic E-state index is 0.536. The molecule has 5 heteroatoms. The maximum atomic E-state index is 5.53. The van der Waals surface area contributed by atoms with Gasteiger partial charge in [0.15, 0.2) is 5.82 Å². The molecule has 0 aliphatic carbocycles. The summed E-state index contributed by atoms with van der Waals surface area (Å²) in [6, 6.07) is 8.51. The number of aryl methyl sites for hydroxylation is 1. The zero-order valence-corrected chi connectivity index (χ0v) is 19.5. The SMILES string of the molecule is CCCCCCCCOOc1cnc(-c2ccc(CCCCCOCCC)cc2)nc1. The van der Waals surface area contributed by atoms with Crippen LogP contribution < -0.4 is 4.89 Å². The van der Waals surface area contributed by atoms with Crippen LogP contribution >= 0.6 is 0 Å². The van der Waals surface area contributed by atoms with Crippen LogP contribution in [0.1, 0.15) is 83.6 Å². The highest BCUT2D eigenvalue weighted by atomic mass is 17.2. The van der Waals surface area contributed by atoms with Gasteiger partial charge in [0.25, 0.3) is 0 Å². The summed E-state index contributed by atoms with van der Waals surface area (Å²) >= 11 is 0. The second-order valence-corrected chi connectivity index (χ2v) is 8.04. The van der Waals surface area contributed by atoms with E-state index in [9.17, 15) is 0 Å². The number of hydrogen-bond acceptors (Lipinski definition) is 5. The van der Waals surface area contributed by atoms with E-state index in [1.165, 1.54) is 50.5 Å². The van der Waals surface area contributed by atoms with Crippen molar-refractivity contribution in [3.05, 3.63) is 42.2 Å². The van der Waals surface area contributed by atoms with Gasteiger partial charge < -0.3 is 9.62 Å². The van der Waals surface area contributed by atoms with E-state index >= 15 is 0 Å². The van der Waals surface area contributed by atoms with Crippen molar-refractivity contribution in [2.75, 3.05) is 19.8 Å². The molecule has 1 aromatic carbocycles. The second kappa shape index (κ2) is 16.7. The van der Waals surface area contributed by atoms with Crippen LogP contribution in [0.4, 0.5) is 0 Å². The van der Waals surface area contributed by atoms with Crippen molar-refractivity contribution in [2.24, 2.45) is 0 Å². The molecule has 2 rings (SSSR count). The lowest BCUT2D eigenvalue weighted by Gasteiger charge is -2.06. The van der Waals surface area contributed by atoms with E-state index in [2.05, 4.69) is 48.1 Å². The van der Waals surface area contributed by atoms with Crippen LogP contribution in [-0.4, -0.2) is 29.8 Å². The van der Waals surface area contributed by atoms with Crippen molar-refractivity contribution >= 4 is 0 Å². The number of ether oxygens (including phenoxy) is 1. The second-order valence-electron chi connectivity index (χ2n) is 8.04. The zero-order valence-electron chi connectivity index (χ0n) is 19.5. The maximum Gasteiger partial charge on any atom is 0.201 e. The summed E-state index contributed by atoms with van der Waals surface area (Å²) in [5.41, 5.74) is 2.36. The van der Waals surface area contributed by atoms with Gasteiger partial charge in [-0.25, -0.2) is 9.97 Å². The van der Waals surface area contributed by atoms with Gasteiger partial charge >= 0.3 is 0 Å². The third kappa shape index (κ3) is 11.3. The Balaban J connectivity index is 1.63. The summed E-state index contributed by atoms with van der Waals surface area (Å²) in [4.78, 5) is 19.4. The van der Waals surface area contributed by atoms with Gasteiger partial charge in [-0.15, -0.1) is 0 Å². The van der Waals surface area contributed by atoms with Gasteiger partial charge in [-0.05, 0) is 37.7 Å². The van der Waals surface area contributed by atoms with Crippen molar-refractivity contribution in [3.8, 4) is 17.1 Å². The Hall–Kier alpha value is -1.98. The van der Waals surface area contributed by atoms with Gasteiger partial charge in [0.05, 0.1) is 19.0 Å². The molecule has 0 aliphatic rings. The van der Waals surface area contributed by atoms with Gasteiger partial charge in [-0.1, -0.05) is 76.6 Å². The number of benzene rings is 1. The maximum absolute atomic E-state index is 5.53. The highest BCUT2D eigenvalue weighted by Gasteiger charge is 2.04. The number of unbranched alkanes of at least 4 members (excludes halogenated alkanes) is 7. The first-order valence-electron chi connectivity index (χ1n) is 12.1. The van der Waals surface area contributed by atoms with Crippen molar-refractivity contribution in [1.29, 1.82) is 0 Å². The van der Waals surface area contributed by atoms with Gasteiger partial charge in [0.1, 0.15) is 0 Å². The molecule has 0 bridgehead atoms. The molecule has 0 fully saturated rings.